The summed E-state index contributed by atoms with van der Waals surface area (Å²) in [6.45, 7) is 3.73. The Bertz CT molecular complexity index is 940. The molecule has 0 unspecified atom stereocenters. The second-order valence-electron chi connectivity index (χ2n) is 6.71. The molecule has 10 heteroatoms. The average molecular weight is 446 g/mol. The molecular weight excluding hydrogens is 424 g/mol. The second kappa shape index (κ2) is 10.3. The van der Waals surface area contributed by atoms with Gasteiger partial charge in [-0.1, -0.05) is 0 Å². The van der Waals surface area contributed by atoms with Gasteiger partial charge in [0.05, 0.1) is 0 Å². The molecule has 0 spiro atoms. The van der Waals surface area contributed by atoms with Crippen molar-refractivity contribution in [1.82, 2.24) is 9.97 Å². The number of aromatic nitrogens is 2. The molecule has 2 aromatic rings. The van der Waals surface area contributed by atoms with E-state index in [-0.39, 0.29) is 5.75 Å². The summed E-state index contributed by atoms with van der Waals surface area (Å²) in [7, 11) is 0. The highest BCUT2D eigenvalue weighted by molar-refractivity contribution is 7.99. The third kappa shape index (κ3) is 5.94. The number of carbonyl (C=O) groups excluding carboxylic acids is 3. The smallest absolute Gasteiger partial charge is 0.303 e. The number of carbonyl (C=O) groups is 3. The molecule has 1 aliphatic heterocycles. The van der Waals surface area contributed by atoms with Gasteiger partial charge >= 0.3 is 17.9 Å². The maximum atomic E-state index is 11.8. The molecule has 1 saturated heterocycles. The number of ether oxygens (including phenoxy) is 4. The van der Waals surface area contributed by atoms with Crippen molar-refractivity contribution < 1.29 is 33.3 Å². The topological polar surface area (TPSA) is 114 Å². The monoisotopic (exact) mass is 446 g/mol. The van der Waals surface area contributed by atoms with Crippen molar-refractivity contribution >= 4 is 29.7 Å². The Labute approximate surface area is 183 Å². The van der Waals surface area contributed by atoms with Gasteiger partial charge < -0.3 is 18.9 Å². The predicted octanol–water partition coefficient (Wildman–Crippen LogP) is 2.39. The zero-order valence-electron chi connectivity index (χ0n) is 17.2. The molecule has 2 aromatic heterocycles. The third-order valence-electron chi connectivity index (χ3n) is 4.25. The van der Waals surface area contributed by atoms with E-state index in [9.17, 15) is 14.4 Å². The number of rotatable bonds is 6. The van der Waals surface area contributed by atoms with Crippen LogP contribution in [0.15, 0.2) is 42.9 Å². The fraction of sp³-hybridized carbons (Fsp3) is 0.381. The Morgan fingerprint density at radius 2 is 1.61 bits per heavy atom. The number of hydrogen-bond donors (Lipinski definition) is 0. The van der Waals surface area contributed by atoms with Crippen LogP contribution in [0, 0.1) is 0 Å². The van der Waals surface area contributed by atoms with Crippen molar-refractivity contribution in [3.63, 3.8) is 0 Å². The van der Waals surface area contributed by atoms with Crippen molar-refractivity contribution in [2.24, 2.45) is 0 Å². The third-order valence-corrected chi connectivity index (χ3v) is 5.47. The van der Waals surface area contributed by atoms with E-state index in [1.54, 1.807) is 36.8 Å². The molecule has 164 valence electrons. The molecule has 0 radical (unpaired) electrons. The highest BCUT2D eigenvalue weighted by atomic mass is 32.2. The summed E-state index contributed by atoms with van der Waals surface area (Å²) in [4.78, 5) is 43.5. The quantitative estimate of drug-likeness (QED) is 0.484. The first-order valence-corrected chi connectivity index (χ1v) is 10.6. The van der Waals surface area contributed by atoms with E-state index >= 15 is 0 Å². The minimum Gasteiger partial charge on any atom is -0.473 e. The molecule has 0 saturated carbocycles. The fourth-order valence-electron chi connectivity index (χ4n) is 3.14. The van der Waals surface area contributed by atoms with Crippen molar-refractivity contribution in [1.29, 1.82) is 0 Å². The van der Waals surface area contributed by atoms with E-state index in [1.807, 2.05) is 6.07 Å². The van der Waals surface area contributed by atoms with E-state index in [0.29, 0.717) is 11.4 Å². The van der Waals surface area contributed by atoms with E-state index in [0.717, 1.165) is 5.56 Å². The van der Waals surface area contributed by atoms with Crippen LogP contribution in [0.4, 0.5) is 0 Å². The lowest BCUT2D eigenvalue weighted by molar-refractivity contribution is -0.186. The van der Waals surface area contributed by atoms with Crippen molar-refractivity contribution in [2.45, 2.75) is 44.5 Å². The predicted molar refractivity (Wildman–Crippen MR) is 111 cm³/mol. The van der Waals surface area contributed by atoms with Crippen LogP contribution >= 0.6 is 11.8 Å². The maximum absolute atomic E-state index is 11.8. The minimum atomic E-state index is -1.02. The first kappa shape index (κ1) is 22.5. The minimum absolute atomic E-state index is 0.280. The van der Waals surface area contributed by atoms with Crippen LogP contribution in [0.2, 0.25) is 0 Å². The lowest BCUT2D eigenvalue weighted by atomic mass is 10.1. The summed E-state index contributed by atoms with van der Waals surface area (Å²) in [5.74, 6) is -0.990. The molecule has 0 aliphatic carbocycles. The van der Waals surface area contributed by atoms with Gasteiger partial charge in [0.25, 0.3) is 0 Å². The van der Waals surface area contributed by atoms with Gasteiger partial charge in [0.2, 0.25) is 0 Å². The van der Waals surface area contributed by atoms with Crippen LogP contribution in [-0.2, 0) is 28.6 Å². The van der Waals surface area contributed by atoms with Gasteiger partial charge in [-0.3, -0.25) is 24.4 Å². The van der Waals surface area contributed by atoms with E-state index in [2.05, 4.69) is 9.97 Å². The van der Waals surface area contributed by atoms with Gasteiger partial charge in [0.1, 0.15) is 11.4 Å². The van der Waals surface area contributed by atoms with Crippen molar-refractivity contribution in [2.75, 3.05) is 5.75 Å². The zero-order valence-corrected chi connectivity index (χ0v) is 18.0. The first-order chi connectivity index (χ1) is 14.8. The largest absolute Gasteiger partial charge is 0.473 e. The van der Waals surface area contributed by atoms with Crippen molar-refractivity contribution in [3.8, 4) is 17.0 Å². The standard InChI is InChI=1S/C21H22N2O7S/c1-12(24)27-17-11-31-21(20(29-14(3)26)19(17)28-13(2)25)30-16-7-5-9-23-18(16)15-6-4-8-22-10-15/h4-10,17,19-21H,11H2,1-3H3/t17-,19+,20-,21+/m1/s1. The van der Waals surface area contributed by atoms with Gasteiger partial charge in [-0.05, 0) is 24.3 Å². The number of esters is 3. The summed E-state index contributed by atoms with van der Waals surface area (Å²) in [5.41, 5.74) is 0.570. The van der Waals surface area contributed by atoms with Gasteiger partial charge in [0, 0.05) is 50.7 Å². The molecule has 3 heterocycles. The average Bonchev–Trinajstić information content (AvgIpc) is 2.72. The van der Waals surface area contributed by atoms with Gasteiger partial charge in [0.15, 0.2) is 23.7 Å². The summed E-state index contributed by atoms with van der Waals surface area (Å²) in [6.07, 6.45) is 2.12. The molecule has 0 bridgehead atoms. The molecule has 9 nitrogen and oxygen atoms in total. The lowest BCUT2D eigenvalue weighted by Gasteiger charge is -2.40. The van der Waals surface area contributed by atoms with Gasteiger partial charge in [-0.15, -0.1) is 11.8 Å². The normalized spacial score (nSPS) is 22.8. The summed E-state index contributed by atoms with van der Waals surface area (Å²) in [5, 5.41) is 0. The van der Waals surface area contributed by atoms with Crippen molar-refractivity contribution in [3.05, 3.63) is 42.9 Å². The zero-order chi connectivity index (χ0) is 22.4. The number of thioether (sulfide) groups is 1. The molecule has 0 N–H and O–H groups in total. The fourth-order valence-corrected chi connectivity index (χ4v) is 4.35. The Kier molecular flexibility index (Phi) is 7.45. The summed E-state index contributed by atoms with van der Waals surface area (Å²) in [6, 6.07) is 7.08. The Morgan fingerprint density at radius 1 is 0.935 bits per heavy atom. The van der Waals surface area contributed by atoms with E-state index in [1.165, 1.54) is 32.5 Å². The highest BCUT2D eigenvalue weighted by Crippen LogP contribution is 2.36. The number of hydrogen-bond acceptors (Lipinski definition) is 10. The van der Waals surface area contributed by atoms with Crippen LogP contribution in [-0.4, -0.2) is 57.4 Å². The van der Waals surface area contributed by atoms with E-state index < -0.39 is 41.7 Å². The molecule has 3 rings (SSSR count). The van der Waals surface area contributed by atoms with E-state index in [4.69, 9.17) is 18.9 Å². The van der Waals surface area contributed by atoms with Crippen LogP contribution in [0.3, 0.4) is 0 Å². The van der Waals surface area contributed by atoms with Crippen LogP contribution in [0.25, 0.3) is 11.3 Å². The van der Waals surface area contributed by atoms with Gasteiger partial charge in [-0.2, -0.15) is 0 Å². The highest BCUT2D eigenvalue weighted by Gasteiger charge is 2.47. The molecule has 1 fully saturated rings. The molecule has 1 aliphatic rings. The number of pyridine rings is 2. The Balaban J connectivity index is 1.92. The molecule has 31 heavy (non-hydrogen) atoms. The maximum Gasteiger partial charge on any atom is 0.303 e. The van der Waals surface area contributed by atoms with Crippen LogP contribution in [0.5, 0.6) is 5.75 Å². The lowest BCUT2D eigenvalue weighted by Crippen LogP contribution is -2.55. The molecule has 4 atom stereocenters. The van der Waals surface area contributed by atoms with Gasteiger partial charge in [-0.25, -0.2) is 0 Å². The summed E-state index contributed by atoms with van der Waals surface area (Å²) >= 11 is 1.28. The summed E-state index contributed by atoms with van der Waals surface area (Å²) < 4.78 is 22.3. The Morgan fingerprint density at radius 3 is 2.26 bits per heavy atom. The number of nitrogens with zero attached hydrogens (tertiary/aromatic N) is 2. The Hall–Kier alpha value is -3.14. The molecule has 0 aromatic carbocycles. The molecular formula is C21H22N2O7S. The molecule has 0 amide bonds. The SMILES string of the molecule is CC(=O)O[C@@H]1[C@@H](OC(C)=O)[C@@H](Oc2cccnc2-c2cccnc2)SC[C@H]1OC(C)=O. The first-order valence-electron chi connectivity index (χ1n) is 9.50. The second-order valence-corrected chi connectivity index (χ2v) is 7.84. The van der Waals surface area contributed by atoms with Crippen LogP contribution in [0.1, 0.15) is 20.8 Å². The van der Waals surface area contributed by atoms with Crippen LogP contribution < -0.4 is 4.74 Å².